The van der Waals surface area contributed by atoms with Crippen molar-refractivity contribution in [3.63, 3.8) is 0 Å². The topological polar surface area (TPSA) is 79.1 Å². The third-order valence-corrected chi connectivity index (χ3v) is 4.51. The summed E-state index contributed by atoms with van der Waals surface area (Å²) in [5.74, 6) is 0.121. The van der Waals surface area contributed by atoms with E-state index in [0.29, 0.717) is 16.7 Å². The highest BCUT2D eigenvalue weighted by molar-refractivity contribution is 5.92. The van der Waals surface area contributed by atoms with Gasteiger partial charge in [0.2, 0.25) is 0 Å². The molecule has 1 aliphatic carbocycles. The Hall–Kier alpha value is -2.56. The van der Waals surface area contributed by atoms with Gasteiger partial charge in [0.05, 0.1) is 5.69 Å². The van der Waals surface area contributed by atoms with Crippen LogP contribution in [0.15, 0.2) is 27.5 Å². The first kappa shape index (κ1) is 13.1. The summed E-state index contributed by atoms with van der Waals surface area (Å²) in [5, 5.41) is 18.2. The van der Waals surface area contributed by atoms with Crippen molar-refractivity contribution in [3.05, 3.63) is 45.4 Å². The molecule has 0 amide bonds. The molecule has 0 bridgehead atoms. The summed E-state index contributed by atoms with van der Waals surface area (Å²) in [6, 6.07) is 3.71. The Bertz CT molecular complexity index is 923. The molecule has 22 heavy (non-hydrogen) atoms. The minimum Gasteiger partial charge on any atom is -0.507 e. The van der Waals surface area contributed by atoms with Gasteiger partial charge in [0.15, 0.2) is 0 Å². The van der Waals surface area contributed by atoms with Crippen LogP contribution >= 0.6 is 0 Å². The summed E-state index contributed by atoms with van der Waals surface area (Å²) in [6.07, 6.45) is 5.39. The molecule has 0 spiro atoms. The Balaban J connectivity index is 2.12. The highest BCUT2D eigenvalue weighted by atomic mass is 16.4. The van der Waals surface area contributed by atoms with Crippen LogP contribution in [0.4, 0.5) is 0 Å². The number of phenolic OH excluding ortho intramolecular Hbond substituents is 1. The third kappa shape index (κ3) is 1.78. The van der Waals surface area contributed by atoms with Crippen LogP contribution in [0.1, 0.15) is 29.5 Å². The van der Waals surface area contributed by atoms with Crippen LogP contribution in [0.3, 0.4) is 0 Å². The van der Waals surface area contributed by atoms with Crippen molar-refractivity contribution in [2.75, 3.05) is 0 Å². The van der Waals surface area contributed by atoms with Crippen molar-refractivity contribution in [1.29, 1.82) is 0 Å². The molecule has 1 aromatic carbocycles. The SMILES string of the molecule is Cc1c(O)c(-c2ccn[nH]2)cc2c3c(c(=O)oc12)CCCC3. The molecule has 1 aliphatic rings. The molecule has 5 heteroatoms. The number of fused-ring (bicyclic) bond motifs is 3. The second kappa shape index (κ2) is 4.73. The van der Waals surface area contributed by atoms with Crippen LogP contribution in [0.2, 0.25) is 0 Å². The first-order chi connectivity index (χ1) is 10.7. The fourth-order valence-electron chi connectivity index (χ4n) is 3.34. The lowest BCUT2D eigenvalue weighted by molar-refractivity contribution is 0.469. The Morgan fingerprint density at radius 2 is 2.05 bits per heavy atom. The maximum atomic E-state index is 12.2. The van der Waals surface area contributed by atoms with Crippen LogP contribution in [0.5, 0.6) is 5.75 Å². The highest BCUT2D eigenvalue weighted by Gasteiger charge is 2.22. The molecule has 0 aliphatic heterocycles. The normalized spacial score (nSPS) is 14.2. The van der Waals surface area contributed by atoms with Crippen LogP contribution in [-0.2, 0) is 12.8 Å². The molecule has 2 heterocycles. The number of nitrogens with one attached hydrogen (secondary N) is 1. The van der Waals surface area contributed by atoms with Gasteiger partial charge in [0, 0.05) is 28.3 Å². The second-order valence-electron chi connectivity index (χ2n) is 5.80. The van der Waals surface area contributed by atoms with Gasteiger partial charge in [-0.3, -0.25) is 5.10 Å². The molecule has 5 nitrogen and oxygen atoms in total. The number of H-pyrrole nitrogens is 1. The maximum Gasteiger partial charge on any atom is 0.339 e. The number of hydrogen-bond acceptors (Lipinski definition) is 4. The van der Waals surface area contributed by atoms with Crippen molar-refractivity contribution < 1.29 is 9.52 Å². The Morgan fingerprint density at radius 1 is 1.27 bits per heavy atom. The summed E-state index contributed by atoms with van der Waals surface area (Å²) in [7, 11) is 0. The van der Waals surface area contributed by atoms with E-state index >= 15 is 0 Å². The fraction of sp³-hybridized carbons (Fsp3) is 0.294. The molecule has 0 fully saturated rings. The number of aryl methyl sites for hydroxylation is 2. The molecule has 0 saturated carbocycles. The van der Waals surface area contributed by atoms with Crippen LogP contribution in [-0.4, -0.2) is 15.3 Å². The summed E-state index contributed by atoms with van der Waals surface area (Å²) in [4.78, 5) is 12.2. The second-order valence-corrected chi connectivity index (χ2v) is 5.80. The van der Waals surface area contributed by atoms with E-state index in [9.17, 15) is 9.90 Å². The predicted molar refractivity (Wildman–Crippen MR) is 83.1 cm³/mol. The van der Waals surface area contributed by atoms with Gasteiger partial charge >= 0.3 is 5.63 Å². The van der Waals surface area contributed by atoms with E-state index in [1.165, 1.54) is 0 Å². The van der Waals surface area contributed by atoms with Gasteiger partial charge in [-0.1, -0.05) is 0 Å². The van der Waals surface area contributed by atoms with E-state index in [1.54, 1.807) is 13.1 Å². The van der Waals surface area contributed by atoms with Crippen molar-refractivity contribution in [2.45, 2.75) is 32.6 Å². The van der Waals surface area contributed by atoms with Crippen molar-refractivity contribution >= 4 is 11.0 Å². The molecule has 3 aromatic rings. The van der Waals surface area contributed by atoms with E-state index in [4.69, 9.17) is 4.42 Å². The number of hydrogen-bond donors (Lipinski definition) is 2. The van der Waals surface area contributed by atoms with Gasteiger partial charge < -0.3 is 9.52 Å². The largest absolute Gasteiger partial charge is 0.507 e. The number of aromatic amines is 1. The molecule has 4 rings (SSSR count). The zero-order chi connectivity index (χ0) is 15.3. The van der Waals surface area contributed by atoms with E-state index in [2.05, 4.69) is 10.2 Å². The fourth-order valence-corrected chi connectivity index (χ4v) is 3.34. The van der Waals surface area contributed by atoms with Crippen molar-refractivity contribution in [3.8, 4) is 17.0 Å². The first-order valence-electron chi connectivity index (χ1n) is 7.47. The molecular weight excluding hydrogens is 280 g/mol. The van der Waals surface area contributed by atoms with Gasteiger partial charge in [0.1, 0.15) is 11.3 Å². The smallest absolute Gasteiger partial charge is 0.339 e. The molecular formula is C17H16N2O3. The standard InChI is InChI=1S/C17H16N2O3/c1-9-15(20)13(14-6-7-18-19-14)8-12-10-4-2-3-5-11(10)17(21)22-16(9)12/h6-8,20H,2-5H2,1H3,(H,18,19). The quantitative estimate of drug-likeness (QED) is 0.676. The lowest BCUT2D eigenvalue weighted by atomic mass is 9.89. The summed E-state index contributed by atoms with van der Waals surface area (Å²) < 4.78 is 5.50. The monoisotopic (exact) mass is 296 g/mol. The molecule has 2 aromatic heterocycles. The van der Waals surface area contributed by atoms with Gasteiger partial charge in [-0.05, 0) is 50.3 Å². The Kier molecular flexibility index (Phi) is 2.82. The number of benzene rings is 1. The zero-order valence-electron chi connectivity index (χ0n) is 12.3. The lowest BCUT2D eigenvalue weighted by Gasteiger charge is -2.18. The summed E-state index contributed by atoms with van der Waals surface area (Å²) in [6.45, 7) is 1.77. The average Bonchev–Trinajstić information content (AvgIpc) is 3.06. The minimum absolute atomic E-state index is 0.121. The van der Waals surface area contributed by atoms with Crippen LogP contribution in [0, 0.1) is 6.92 Å². The number of nitrogens with zero attached hydrogens (tertiary/aromatic N) is 1. The third-order valence-electron chi connectivity index (χ3n) is 4.51. The molecule has 2 N–H and O–H groups in total. The lowest BCUT2D eigenvalue weighted by Crippen LogP contribution is -2.16. The summed E-state index contributed by atoms with van der Waals surface area (Å²) >= 11 is 0. The van der Waals surface area contributed by atoms with E-state index in [0.717, 1.165) is 47.9 Å². The Morgan fingerprint density at radius 3 is 2.77 bits per heavy atom. The van der Waals surface area contributed by atoms with Crippen LogP contribution < -0.4 is 5.63 Å². The van der Waals surface area contributed by atoms with E-state index < -0.39 is 0 Å². The molecule has 0 unspecified atom stereocenters. The molecule has 0 atom stereocenters. The van der Waals surface area contributed by atoms with Gasteiger partial charge in [-0.25, -0.2) is 4.79 Å². The van der Waals surface area contributed by atoms with Crippen LogP contribution in [0.25, 0.3) is 22.2 Å². The first-order valence-corrected chi connectivity index (χ1v) is 7.47. The zero-order valence-corrected chi connectivity index (χ0v) is 12.3. The van der Waals surface area contributed by atoms with E-state index in [-0.39, 0.29) is 11.4 Å². The maximum absolute atomic E-state index is 12.2. The number of aromatic nitrogens is 2. The number of phenols is 1. The Labute approximate surface area is 126 Å². The van der Waals surface area contributed by atoms with Crippen molar-refractivity contribution in [1.82, 2.24) is 10.2 Å². The van der Waals surface area contributed by atoms with E-state index in [1.807, 2.05) is 12.1 Å². The molecule has 0 saturated heterocycles. The number of aromatic hydroxyl groups is 1. The van der Waals surface area contributed by atoms with Gasteiger partial charge in [0.25, 0.3) is 0 Å². The summed E-state index contributed by atoms with van der Waals surface area (Å²) in [5.41, 5.74) is 4.11. The molecule has 112 valence electrons. The number of rotatable bonds is 1. The highest BCUT2D eigenvalue weighted by Crippen LogP contribution is 2.38. The average molecular weight is 296 g/mol. The van der Waals surface area contributed by atoms with Gasteiger partial charge in [-0.2, -0.15) is 5.10 Å². The predicted octanol–water partition coefficient (Wildman–Crippen LogP) is 3.08. The van der Waals surface area contributed by atoms with Gasteiger partial charge in [-0.15, -0.1) is 0 Å². The minimum atomic E-state index is -0.265. The molecule has 0 radical (unpaired) electrons. The van der Waals surface area contributed by atoms with Crippen molar-refractivity contribution in [2.24, 2.45) is 0 Å².